The number of halogens is 1. The molecule has 0 aromatic rings. The summed E-state index contributed by atoms with van der Waals surface area (Å²) in [7, 11) is 0. The van der Waals surface area contributed by atoms with Crippen LogP contribution in [0.25, 0.3) is 0 Å². The van der Waals surface area contributed by atoms with Gasteiger partial charge in [-0.05, 0) is 19.8 Å². The molecule has 3 atom stereocenters. The molecular weight excluding hydrogens is 258 g/mol. The third-order valence-electron chi connectivity index (χ3n) is 3.09. The van der Waals surface area contributed by atoms with Gasteiger partial charge in [0.2, 0.25) is 0 Å². The van der Waals surface area contributed by atoms with Crippen LogP contribution in [0.5, 0.6) is 0 Å². The monoisotopic (exact) mass is 277 g/mol. The van der Waals surface area contributed by atoms with Gasteiger partial charge in [-0.1, -0.05) is 15.9 Å². The Morgan fingerprint density at radius 2 is 2.27 bits per heavy atom. The highest BCUT2D eigenvalue weighted by Gasteiger charge is 2.25. The normalized spacial score (nSPS) is 39.2. The fourth-order valence-electron chi connectivity index (χ4n) is 2.30. The second-order valence-corrected chi connectivity index (χ2v) is 5.87. The lowest BCUT2D eigenvalue weighted by molar-refractivity contribution is 0.0309. The number of hydrogen-bond acceptors (Lipinski definition) is 3. The minimum Gasteiger partial charge on any atom is -0.379 e. The van der Waals surface area contributed by atoms with E-state index in [0.717, 1.165) is 32.8 Å². The van der Waals surface area contributed by atoms with E-state index >= 15 is 0 Å². The maximum absolute atomic E-state index is 5.84. The van der Waals surface area contributed by atoms with E-state index in [9.17, 15) is 0 Å². The van der Waals surface area contributed by atoms with Gasteiger partial charge in [0.15, 0.2) is 0 Å². The molecule has 15 heavy (non-hydrogen) atoms. The Balaban J connectivity index is 1.77. The van der Waals surface area contributed by atoms with Crippen molar-refractivity contribution in [2.24, 2.45) is 0 Å². The second-order valence-electron chi connectivity index (χ2n) is 4.58. The molecule has 0 bridgehead atoms. The molecule has 88 valence electrons. The fourth-order valence-corrected chi connectivity index (χ4v) is 2.90. The van der Waals surface area contributed by atoms with Gasteiger partial charge in [0.1, 0.15) is 0 Å². The zero-order chi connectivity index (χ0) is 10.7. The largest absolute Gasteiger partial charge is 0.379 e. The molecule has 0 aliphatic carbocycles. The summed E-state index contributed by atoms with van der Waals surface area (Å²) in [6, 6.07) is 0. The Bertz CT molecular complexity index is 203. The molecule has 3 nitrogen and oxygen atoms in total. The van der Waals surface area contributed by atoms with Crippen LogP contribution in [0.4, 0.5) is 0 Å². The van der Waals surface area contributed by atoms with E-state index in [4.69, 9.17) is 9.47 Å². The molecule has 0 amide bonds. The van der Waals surface area contributed by atoms with Crippen molar-refractivity contribution in [3.8, 4) is 0 Å². The fraction of sp³-hybridized carbons (Fsp3) is 1.00. The van der Waals surface area contributed by atoms with Gasteiger partial charge in [-0.3, -0.25) is 4.90 Å². The summed E-state index contributed by atoms with van der Waals surface area (Å²) in [5.74, 6) is 0. The summed E-state index contributed by atoms with van der Waals surface area (Å²) in [5, 5.41) is 0. The Labute approximate surface area is 100 Å². The molecule has 0 N–H and O–H groups in total. The molecular formula is C11H20BrNO2. The van der Waals surface area contributed by atoms with Gasteiger partial charge in [-0.15, -0.1) is 0 Å². The topological polar surface area (TPSA) is 21.7 Å². The van der Waals surface area contributed by atoms with E-state index in [0.29, 0.717) is 17.0 Å². The van der Waals surface area contributed by atoms with E-state index < -0.39 is 0 Å². The molecule has 2 saturated heterocycles. The van der Waals surface area contributed by atoms with E-state index in [1.807, 2.05) is 0 Å². The SMILES string of the molecule is CC1CCC(CN2CCOCC(Br)C2)O1. The number of rotatable bonds is 2. The number of nitrogens with zero attached hydrogens (tertiary/aromatic N) is 1. The Hall–Kier alpha value is 0.360. The molecule has 0 spiro atoms. The van der Waals surface area contributed by atoms with Gasteiger partial charge in [0, 0.05) is 19.6 Å². The number of ether oxygens (including phenoxy) is 2. The summed E-state index contributed by atoms with van der Waals surface area (Å²) in [6.45, 7) is 7.03. The number of hydrogen-bond donors (Lipinski definition) is 0. The van der Waals surface area contributed by atoms with E-state index in [1.165, 1.54) is 12.8 Å². The Morgan fingerprint density at radius 3 is 3.00 bits per heavy atom. The molecule has 2 fully saturated rings. The lowest BCUT2D eigenvalue weighted by atomic mass is 10.2. The summed E-state index contributed by atoms with van der Waals surface area (Å²) < 4.78 is 11.3. The summed E-state index contributed by atoms with van der Waals surface area (Å²) in [4.78, 5) is 2.92. The van der Waals surface area contributed by atoms with E-state index in [1.54, 1.807) is 0 Å². The van der Waals surface area contributed by atoms with Gasteiger partial charge in [-0.25, -0.2) is 0 Å². The first-order chi connectivity index (χ1) is 7.24. The van der Waals surface area contributed by atoms with E-state index in [2.05, 4.69) is 27.8 Å². The van der Waals surface area contributed by atoms with Crippen molar-refractivity contribution in [3.63, 3.8) is 0 Å². The average molecular weight is 278 g/mol. The summed E-state index contributed by atoms with van der Waals surface area (Å²) in [6.07, 6.45) is 3.33. The van der Waals surface area contributed by atoms with Gasteiger partial charge in [0.05, 0.1) is 30.2 Å². The van der Waals surface area contributed by atoms with Crippen LogP contribution in [0.15, 0.2) is 0 Å². The molecule has 0 aromatic carbocycles. The van der Waals surface area contributed by atoms with Crippen LogP contribution < -0.4 is 0 Å². The zero-order valence-electron chi connectivity index (χ0n) is 9.32. The Kier molecular flexibility index (Phi) is 4.43. The van der Waals surface area contributed by atoms with Crippen LogP contribution >= 0.6 is 15.9 Å². The van der Waals surface area contributed by atoms with Crippen LogP contribution in [-0.2, 0) is 9.47 Å². The molecule has 0 radical (unpaired) electrons. The molecule has 4 heteroatoms. The predicted octanol–water partition coefficient (Wildman–Crippen LogP) is 1.65. The summed E-state index contributed by atoms with van der Waals surface area (Å²) in [5.41, 5.74) is 0. The standard InChI is InChI=1S/C11H20BrNO2/c1-9-2-3-11(15-9)7-13-4-5-14-8-10(12)6-13/h9-11H,2-8H2,1H3. The maximum Gasteiger partial charge on any atom is 0.0706 e. The zero-order valence-corrected chi connectivity index (χ0v) is 10.9. The lowest BCUT2D eigenvalue weighted by Gasteiger charge is -2.24. The molecule has 0 saturated carbocycles. The average Bonchev–Trinajstić information content (AvgIpc) is 2.46. The minimum atomic E-state index is 0.442. The van der Waals surface area contributed by atoms with Crippen molar-refractivity contribution >= 4 is 15.9 Å². The van der Waals surface area contributed by atoms with Gasteiger partial charge in [0.25, 0.3) is 0 Å². The first kappa shape index (κ1) is 11.8. The quantitative estimate of drug-likeness (QED) is 0.717. The van der Waals surface area contributed by atoms with Crippen molar-refractivity contribution < 1.29 is 9.47 Å². The third-order valence-corrected chi connectivity index (χ3v) is 3.64. The van der Waals surface area contributed by atoms with Gasteiger partial charge in [-0.2, -0.15) is 0 Å². The van der Waals surface area contributed by atoms with Crippen LogP contribution in [0.3, 0.4) is 0 Å². The first-order valence-electron chi connectivity index (χ1n) is 5.83. The molecule has 2 heterocycles. The van der Waals surface area contributed by atoms with Crippen molar-refractivity contribution in [3.05, 3.63) is 0 Å². The lowest BCUT2D eigenvalue weighted by Crippen LogP contribution is -2.36. The predicted molar refractivity (Wildman–Crippen MR) is 63.5 cm³/mol. The van der Waals surface area contributed by atoms with Crippen LogP contribution in [0.1, 0.15) is 19.8 Å². The molecule has 3 unspecified atom stereocenters. The Morgan fingerprint density at radius 1 is 1.40 bits per heavy atom. The minimum absolute atomic E-state index is 0.442. The first-order valence-corrected chi connectivity index (χ1v) is 6.75. The second kappa shape index (κ2) is 5.62. The number of alkyl halides is 1. The maximum atomic E-state index is 5.84. The molecule has 2 rings (SSSR count). The summed E-state index contributed by atoms with van der Waals surface area (Å²) >= 11 is 3.63. The third kappa shape index (κ3) is 3.70. The van der Waals surface area contributed by atoms with Crippen LogP contribution in [0, 0.1) is 0 Å². The van der Waals surface area contributed by atoms with Gasteiger partial charge < -0.3 is 9.47 Å². The van der Waals surface area contributed by atoms with E-state index in [-0.39, 0.29) is 0 Å². The molecule has 0 aromatic heterocycles. The van der Waals surface area contributed by atoms with Crippen molar-refractivity contribution in [2.75, 3.05) is 32.8 Å². The highest BCUT2D eigenvalue weighted by atomic mass is 79.9. The molecule has 2 aliphatic heterocycles. The van der Waals surface area contributed by atoms with Crippen LogP contribution in [-0.4, -0.2) is 54.8 Å². The van der Waals surface area contributed by atoms with Crippen molar-refractivity contribution in [2.45, 2.75) is 36.8 Å². The smallest absolute Gasteiger partial charge is 0.0706 e. The highest BCUT2D eigenvalue weighted by Crippen LogP contribution is 2.20. The van der Waals surface area contributed by atoms with Gasteiger partial charge >= 0.3 is 0 Å². The van der Waals surface area contributed by atoms with Crippen molar-refractivity contribution in [1.82, 2.24) is 4.90 Å². The highest BCUT2D eigenvalue weighted by molar-refractivity contribution is 9.09. The van der Waals surface area contributed by atoms with Crippen LogP contribution in [0.2, 0.25) is 0 Å². The molecule has 2 aliphatic rings. The van der Waals surface area contributed by atoms with Crippen molar-refractivity contribution in [1.29, 1.82) is 0 Å².